The van der Waals surface area contributed by atoms with Crippen LogP contribution in [-0.2, 0) is 32.2 Å². The molecule has 0 fully saturated rings. The van der Waals surface area contributed by atoms with E-state index in [1.807, 2.05) is 24.3 Å². The Morgan fingerprint density at radius 1 is 1.12 bits per heavy atom. The number of hydrogen-bond donors (Lipinski definition) is 0. The van der Waals surface area contributed by atoms with Gasteiger partial charge in [0.05, 0.1) is 6.61 Å². The lowest BCUT2D eigenvalue weighted by Crippen LogP contribution is -2.00. The number of hydrogen-bond acceptors (Lipinski definition) is 4. The van der Waals surface area contributed by atoms with Crippen molar-refractivity contribution in [3.05, 3.63) is 35.4 Å². The van der Waals surface area contributed by atoms with Crippen LogP contribution in [0.1, 0.15) is 18.1 Å². The predicted octanol–water partition coefficient (Wildman–Crippen LogP) is 1.87. The minimum Gasteiger partial charge on any atom is -0.461 e. The Bertz CT molecular complexity index is 318. The maximum atomic E-state index is 10.6. The van der Waals surface area contributed by atoms with E-state index >= 15 is 0 Å². The highest BCUT2D eigenvalue weighted by atomic mass is 16.7. The number of carbonyl (C=O) groups excluding carboxylic acids is 1. The summed E-state index contributed by atoms with van der Waals surface area (Å²) in [4.78, 5) is 10.6. The number of rotatable bonds is 6. The molecule has 0 radical (unpaired) electrons. The Balaban J connectivity index is 2.38. The van der Waals surface area contributed by atoms with Crippen LogP contribution < -0.4 is 0 Å². The molecule has 16 heavy (non-hydrogen) atoms. The van der Waals surface area contributed by atoms with Crippen LogP contribution in [-0.4, -0.2) is 19.9 Å². The minimum absolute atomic E-state index is 0.271. The Kier molecular flexibility index (Phi) is 5.53. The summed E-state index contributed by atoms with van der Waals surface area (Å²) in [5.41, 5.74) is 2.02. The van der Waals surface area contributed by atoms with E-state index < -0.39 is 0 Å². The fourth-order valence-electron chi connectivity index (χ4n) is 1.16. The molecule has 4 heteroatoms. The second-order valence-corrected chi connectivity index (χ2v) is 3.35. The Labute approximate surface area is 95.1 Å². The van der Waals surface area contributed by atoms with E-state index in [9.17, 15) is 4.79 Å². The highest BCUT2D eigenvalue weighted by Crippen LogP contribution is 2.07. The Morgan fingerprint density at radius 2 is 1.69 bits per heavy atom. The fourth-order valence-corrected chi connectivity index (χ4v) is 1.16. The molecule has 1 rings (SSSR count). The van der Waals surface area contributed by atoms with Crippen molar-refractivity contribution in [3.63, 3.8) is 0 Å². The fraction of sp³-hybridized carbons (Fsp3) is 0.417. The molecule has 1 aromatic carbocycles. The molecule has 0 saturated heterocycles. The highest BCUT2D eigenvalue weighted by molar-refractivity contribution is 5.65. The average molecular weight is 224 g/mol. The van der Waals surface area contributed by atoms with Crippen molar-refractivity contribution < 1.29 is 19.0 Å². The van der Waals surface area contributed by atoms with Crippen LogP contribution in [0.3, 0.4) is 0 Å². The van der Waals surface area contributed by atoms with Crippen LogP contribution in [0, 0.1) is 0 Å². The maximum absolute atomic E-state index is 10.6. The van der Waals surface area contributed by atoms with Gasteiger partial charge in [-0.2, -0.15) is 0 Å². The number of ether oxygens (including phenoxy) is 3. The molecule has 0 amide bonds. The number of esters is 1. The van der Waals surface area contributed by atoms with Crippen molar-refractivity contribution in [3.8, 4) is 0 Å². The van der Waals surface area contributed by atoms with E-state index in [1.165, 1.54) is 6.92 Å². The Hall–Kier alpha value is -1.39. The second kappa shape index (κ2) is 6.98. The minimum atomic E-state index is -0.271. The molecular formula is C12H16O4. The molecule has 0 aliphatic rings. The van der Waals surface area contributed by atoms with Gasteiger partial charge in [0.25, 0.3) is 0 Å². The number of carbonyl (C=O) groups is 1. The number of methoxy groups -OCH3 is 1. The molecule has 0 heterocycles. The first-order valence-corrected chi connectivity index (χ1v) is 5.00. The van der Waals surface area contributed by atoms with Gasteiger partial charge in [-0.3, -0.25) is 4.79 Å². The van der Waals surface area contributed by atoms with Crippen LogP contribution in [0.25, 0.3) is 0 Å². The third-order valence-corrected chi connectivity index (χ3v) is 1.93. The smallest absolute Gasteiger partial charge is 0.302 e. The van der Waals surface area contributed by atoms with E-state index in [0.717, 1.165) is 11.1 Å². The first-order valence-electron chi connectivity index (χ1n) is 5.00. The quantitative estimate of drug-likeness (QED) is 0.420. The van der Waals surface area contributed by atoms with Crippen molar-refractivity contribution in [1.82, 2.24) is 0 Å². The van der Waals surface area contributed by atoms with Gasteiger partial charge in [-0.25, -0.2) is 0 Å². The summed E-state index contributed by atoms with van der Waals surface area (Å²) < 4.78 is 14.8. The van der Waals surface area contributed by atoms with Crippen LogP contribution in [0.2, 0.25) is 0 Å². The van der Waals surface area contributed by atoms with Crippen LogP contribution >= 0.6 is 0 Å². The molecule has 0 atom stereocenters. The SMILES string of the molecule is COCOCc1ccc(COC(C)=O)cc1. The topological polar surface area (TPSA) is 44.8 Å². The van der Waals surface area contributed by atoms with Crippen LogP contribution in [0.4, 0.5) is 0 Å². The van der Waals surface area contributed by atoms with Crippen molar-refractivity contribution in [2.24, 2.45) is 0 Å². The molecule has 0 saturated carbocycles. The summed E-state index contributed by atoms with van der Waals surface area (Å²) in [6, 6.07) is 7.70. The maximum Gasteiger partial charge on any atom is 0.302 e. The van der Waals surface area contributed by atoms with Crippen molar-refractivity contribution in [2.75, 3.05) is 13.9 Å². The van der Waals surface area contributed by atoms with Gasteiger partial charge in [0.2, 0.25) is 0 Å². The molecule has 0 aromatic heterocycles. The molecule has 0 N–H and O–H groups in total. The molecule has 0 unspecified atom stereocenters. The lowest BCUT2D eigenvalue weighted by Gasteiger charge is -2.05. The molecule has 88 valence electrons. The van der Waals surface area contributed by atoms with E-state index in [4.69, 9.17) is 14.2 Å². The van der Waals surface area contributed by atoms with E-state index in [-0.39, 0.29) is 12.8 Å². The zero-order valence-electron chi connectivity index (χ0n) is 9.56. The predicted molar refractivity (Wildman–Crippen MR) is 58.6 cm³/mol. The van der Waals surface area contributed by atoms with Gasteiger partial charge >= 0.3 is 5.97 Å². The summed E-state index contributed by atoms with van der Waals surface area (Å²) in [6.07, 6.45) is 0. The first kappa shape index (κ1) is 12.7. The molecule has 0 aliphatic carbocycles. The summed E-state index contributed by atoms with van der Waals surface area (Å²) in [5.74, 6) is -0.271. The normalized spacial score (nSPS) is 10.1. The van der Waals surface area contributed by atoms with Gasteiger partial charge in [-0.1, -0.05) is 24.3 Å². The van der Waals surface area contributed by atoms with Crippen LogP contribution in [0.5, 0.6) is 0 Å². The zero-order chi connectivity index (χ0) is 11.8. The zero-order valence-corrected chi connectivity index (χ0v) is 9.56. The third-order valence-electron chi connectivity index (χ3n) is 1.93. The molecule has 0 bridgehead atoms. The third kappa shape index (κ3) is 4.91. The lowest BCUT2D eigenvalue weighted by molar-refractivity contribution is -0.142. The highest BCUT2D eigenvalue weighted by Gasteiger charge is 1.97. The first-order chi connectivity index (χ1) is 7.72. The van der Waals surface area contributed by atoms with E-state index in [2.05, 4.69) is 0 Å². The summed E-state index contributed by atoms with van der Waals surface area (Å²) in [7, 11) is 1.59. The van der Waals surface area contributed by atoms with E-state index in [0.29, 0.717) is 13.2 Å². The largest absolute Gasteiger partial charge is 0.461 e. The van der Waals surface area contributed by atoms with Gasteiger partial charge in [-0.05, 0) is 11.1 Å². The standard InChI is InChI=1S/C12H16O4/c1-10(13)16-8-12-5-3-11(4-6-12)7-15-9-14-2/h3-6H,7-9H2,1-2H3. The van der Waals surface area contributed by atoms with Gasteiger partial charge in [0.1, 0.15) is 13.4 Å². The average Bonchev–Trinajstić information content (AvgIpc) is 2.28. The second-order valence-electron chi connectivity index (χ2n) is 3.35. The molecule has 0 aliphatic heterocycles. The summed E-state index contributed by atoms with van der Waals surface area (Å²) in [6.45, 7) is 2.51. The van der Waals surface area contributed by atoms with Gasteiger partial charge in [0, 0.05) is 14.0 Å². The van der Waals surface area contributed by atoms with Crippen molar-refractivity contribution in [1.29, 1.82) is 0 Å². The van der Waals surface area contributed by atoms with Crippen molar-refractivity contribution >= 4 is 5.97 Å². The van der Waals surface area contributed by atoms with Crippen molar-refractivity contribution in [2.45, 2.75) is 20.1 Å². The number of benzene rings is 1. The van der Waals surface area contributed by atoms with Crippen LogP contribution in [0.15, 0.2) is 24.3 Å². The van der Waals surface area contributed by atoms with Gasteiger partial charge < -0.3 is 14.2 Å². The Morgan fingerprint density at radius 3 is 2.19 bits per heavy atom. The summed E-state index contributed by atoms with van der Waals surface area (Å²) >= 11 is 0. The molecule has 0 spiro atoms. The molecule has 1 aromatic rings. The lowest BCUT2D eigenvalue weighted by atomic mass is 10.1. The monoisotopic (exact) mass is 224 g/mol. The molecule has 4 nitrogen and oxygen atoms in total. The summed E-state index contributed by atoms with van der Waals surface area (Å²) in [5, 5.41) is 0. The van der Waals surface area contributed by atoms with E-state index in [1.54, 1.807) is 7.11 Å². The van der Waals surface area contributed by atoms with Gasteiger partial charge in [0.15, 0.2) is 0 Å². The van der Waals surface area contributed by atoms with Gasteiger partial charge in [-0.15, -0.1) is 0 Å². The molecular weight excluding hydrogens is 208 g/mol.